The summed E-state index contributed by atoms with van der Waals surface area (Å²) < 4.78 is 5.05. The fourth-order valence-corrected chi connectivity index (χ4v) is 16.7. The highest BCUT2D eigenvalue weighted by Crippen LogP contribution is 2.47. The Morgan fingerprint density at radius 1 is 0.257 bits per heavy atom. The van der Waals surface area contributed by atoms with E-state index in [1.807, 2.05) is 0 Å². The maximum absolute atomic E-state index is 2.81. The van der Waals surface area contributed by atoms with Crippen LogP contribution < -0.4 is 20.7 Å². The van der Waals surface area contributed by atoms with E-state index in [2.05, 4.69) is 300 Å². The molecule has 2 aromatic heterocycles. The van der Waals surface area contributed by atoms with Gasteiger partial charge in [0.25, 0.3) is 0 Å². The monoisotopic (exact) mass is 908 g/mol. The summed E-state index contributed by atoms with van der Waals surface area (Å²) in [5.74, 6) is 0. The second-order valence-corrected chi connectivity index (χ2v) is 22.2. The second-order valence-electron chi connectivity index (χ2n) is 18.4. The molecule has 0 aliphatic carbocycles. The molecule has 11 aromatic carbocycles. The summed E-state index contributed by atoms with van der Waals surface area (Å²) in [6.07, 6.45) is 0. The van der Waals surface area contributed by atoms with Crippen LogP contribution in [-0.4, -0.2) is 17.2 Å². The summed E-state index contributed by atoms with van der Waals surface area (Å²) in [5.41, 5.74) is 11.3. The van der Waals surface area contributed by atoms with Gasteiger partial charge < -0.3 is 9.13 Å². The number of hydrogen-bond acceptors (Lipinski definition) is 0. The van der Waals surface area contributed by atoms with Gasteiger partial charge in [-0.2, -0.15) is 0 Å². The van der Waals surface area contributed by atoms with Gasteiger partial charge in [-0.05, 0) is 85.5 Å². The molecule has 0 aliphatic heterocycles. The minimum atomic E-state index is -2.81. The molecule has 0 N–H and O–H groups in total. The predicted molar refractivity (Wildman–Crippen MR) is 297 cm³/mol. The molecule has 0 atom stereocenters. The van der Waals surface area contributed by atoms with E-state index in [-0.39, 0.29) is 0 Å². The van der Waals surface area contributed by atoms with Gasteiger partial charge in [-0.25, -0.2) is 0 Å². The van der Waals surface area contributed by atoms with Crippen molar-refractivity contribution in [2.75, 3.05) is 0 Å². The van der Waals surface area contributed by atoms with E-state index in [1.54, 1.807) is 0 Å². The molecule has 2 nitrogen and oxygen atoms in total. The molecule has 0 saturated carbocycles. The van der Waals surface area contributed by atoms with Crippen LogP contribution in [0.2, 0.25) is 0 Å². The molecule has 0 unspecified atom stereocenters. The van der Waals surface area contributed by atoms with E-state index in [1.165, 1.54) is 86.6 Å². The van der Waals surface area contributed by atoms with E-state index >= 15 is 0 Å². The molecule has 0 amide bonds. The van der Waals surface area contributed by atoms with E-state index in [4.69, 9.17) is 0 Å². The van der Waals surface area contributed by atoms with E-state index in [0.717, 1.165) is 11.4 Å². The van der Waals surface area contributed by atoms with Crippen LogP contribution in [0.1, 0.15) is 22.3 Å². The van der Waals surface area contributed by atoms with Crippen LogP contribution in [0, 0.1) is 0 Å². The Labute approximate surface area is 409 Å². The summed E-state index contributed by atoms with van der Waals surface area (Å²) in [5, 5.41) is 10.3. The van der Waals surface area contributed by atoms with Gasteiger partial charge in [0, 0.05) is 32.9 Å². The largest absolute Gasteiger partial charge is 0.309 e. The van der Waals surface area contributed by atoms with Crippen LogP contribution in [0.3, 0.4) is 0 Å². The Morgan fingerprint density at radius 3 is 1.19 bits per heavy atom. The molecule has 2 heterocycles. The molecule has 70 heavy (non-hydrogen) atoms. The van der Waals surface area contributed by atoms with Gasteiger partial charge in [0.05, 0.1) is 27.5 Å². The minimum Gasteiger partial charge on any atom is -0.309 e. The molecule has 13 aromatic rings. The van der Waals surface area contributed by atoms with Crippen molar-refractivity contribution < 1.29 is 0 Å². The minimum absolute atomic E-state index is 0.591. The first-order valence-corrected chi connectivity index (χ1v) is 26.3. The molecule has 330 valence electrons. The highest BCUT2D eigenvalue weighted by Gasteiger charge is 2.42. The fraction of sp³-hybridized carbons (Fsp3) is 0.0149. The quantitative estimate of drug-likeness (QED) is 0.0956. The van der Waals surface area contributed by atoms with Crippen molar-refractivity contribution >= 4 is 72.4 Å². The first-order chi connectivity index (χ1) is 34.8. The van der Waals surface area contributed by atoms with Crippen LogP contribution in [0.5, 0.6) is 0 Å². The van der Waals surface area contributed by atoms with Crippen molar-refractivity contribution in [3.8, 4) is 11.4 Å². The maximum atomic E-state index is 2.54. The number of rotatable bonds is 10. The summed E-state index contributed by atoms with van der Waals surface area (Å²) in [7, 11) is -2.81. The highest BCUT2D eigenvalue weighted by atomic mass is 28.3. The van der Waals surface area contributed by atoms with Crippen molar-refractivity contribution in [2.24, 2.45) is 0 Å². The normalized spacial score (nSPS) is 12.0. The zero-order valence-corrected chi connectivity index (χ0v) is 39.6. The van der Waals surface area contributed by atoms with Gasteiger partial charge in [-0.1, -0.05) is 249 Å². The number of aromatic nitrogens is 2. The number of para-hydroxylation sites is 2. The summed E-state index contributed by atoms with van der Waals surface area (Å²) in [4.78, 5) is 0. The highest BCUT2D eigenvalue weighted by molar-refractivity contribution is 7.19. The number of benzene rings is 11. The first-order valence-electron chi connectivity index (χ1n) is 24.3. The molecular formula is C67H48N2Si. The Balaban J connectivity index is 1.09. The summed E-state index contributed by atoms with van der Waals surface area (Å²) >= 11 is 0. The standard InChI is InChI=1S/C67H48N2Si/c1-7-25-49(26-8-1)67(50-27-9-2-10-28-50,51-29-11-3-12-30-51)52-31-23-32-53(47-52)69-62-43-21-19-41-59(62)60-45-46-64-65(66(60)69)61-42-20-22-44-63(61)68(64)54-33-24-40-58(48-54)70(55-34-13-4-14-35-55,56-36-15-5-16-37-56)57-38-17-6-18-39-57/h1-48H. The molecule has 0 saturated heterocycles. The van der Waals surface area contributed by atoms with Crippen LogP contribution in [0.25, 0.3) is 55.0 Å². The number of fused-ring (bicyclic) bond motifs is 7. The van der Waals surface area contributed by atoms with Crippen LogP contribution in [0.4, 0.5) is 0 Å². The zero-order valence-electron chi connectivity index (χ0n) is 38.6. The number of hydrogen-bond donors (Lipinski definition) is 0. The molecule has 0 aliphatic rings. The van der Waals surface area contributed by atoms with E-state index in [0.29, 0.717) is 0 Å². The lowest BCUT2D eigenvalue weighted by Crippen LogP contribution is -2.74. The Bertz CT molecular complexity index is 3780. The summed E-state index contributed by atoms with van der Waals surface area (Å²) in [6, 6.07) is 108. The molecule has 0 bridgehead atoms. The van der Waals surface area contributed by atoms with E-state index in [9.17, 15) is 0 Å². The van der Waals surface area contributed by atoms with Crippen molar-refractivity contribution in [3.63, 3.8) is 0 Å². The third-order valence-corrected chi connectivity index (χ3v) is 19.6. The predicted octanol–water partition coefficient (Wildman–Crippen LogP) is 13.6. The van der Waals surface area contributed by atoms with Crippen molar-refractivity contribution in [2.45, 2.75) is 5.41 Å². The zero-order chi connectivity index (χ0) is 46.5. The average Bonchev–Trinajstić information content (AvgIpc) is 3.97. The first kappa shape index (κ1) is 41.4. The van der Waals surface area contributed by atoms with Crippen molar-refractivity contribution in [3.05, 3.63) is 313 Å². The molecule has 0 spiro atoms. The topological polar surface area (TPSA) is 9.86 Å². The molecular weight excluding hydrogens is 861 g/mol. The lowest BCUT2D eigenvalue weighted by Gasteiger charge is -2.37. The fourth-order valence-electron chi connectivity index (χ4n) is 11.9. The second kappa shape index (κ2) is 17.1. The SMILES string of the molecule is c1ccc(C(c2ccccc2)(c2ccccc2)c2cccc(-n3c4ccccc4c4ccc5c(c6ccccc6n5-c5cccc([Si](c6ccccc6)(c6ccccc6)c6ccccc6)c5)c43)c2)cc1. The molecule has 3 heteroatoms. The van der Waals surface area contributed by atoms with Crippen LogP contribution in [0.15, 0.2) is 291 Å². The van der Waals surface area contributed by atoms with Crippen LogP contribution >= 0.6 is 0 Å². The van der Waals surface area contributed by atoms with Crippen molar-refractivity contribution in [1.29, 1.82) is 0 Å². The van der Waals surface area contributed by atoms with Gasteiger partial charge in [0.2, 0.25) is 0 Å². The Morgan fingerprint density at radius 2 is 0.657 bits per heavy atom. The van der Waals surface area contributed by atoms with Crippen molar-refractivity contribution in [1.82, 2.24) is 9.13 Å². The van der Waals surface area contributed by atoms with Gasteiger partial charge >= 0.3 is 0 Å². The number of nitrogens with zero attached hydrogens (tertiary/aromatic N) is 2. The van der Waals surface area contributed by atoms with Crippen LogP contribution in [-0.2, 0) is 5.41 Å². The maximum Gasteiger partial charge on any atom is 0.179 e. The molecule has 13 rings (SSSR count). The van der Waals surface area contributed by atoms with Gasteiger partial charge in [0.1, 0.15) is 0 Å². The van der Waals surface area contributed by atoms with E-state index < -0.39 is 13.5 Å². The van der Waals surface area contributed by atoms with Gasteiger partial charge in [-0.3, -0.25) is 0 Å². The smallest absolute Gasteiger partial charge is 0.179 e. The average molecular weight is 909 g/mol. The molecule has 0 radical (unpaired) electrons. The lowest BCUT2D eigenvalue weighted by atomic mass is 9.65. The third-order valence-electron chi connectivity index (χ3n) is 14.8. The Kier molecular flexibility index (Phi) is 10.1. The van der Waals surface area contributed by atoms with Gasteiger partial charge in [-0.15, -0.1) is 0 Å². The lowest BCUT2D eigenvalue weighted by molar-refractivity contribution is 0.744. The third kappa shape index (κ3) is 6.32. The Hall–Kier alpha value is -8.76. The van der Waals surface area contributed by atoms with Gasteiger partial charge in [0.15, 0.2) is 8.07 Å². The summed E-state index contributed by atoms with van der Waals surface area (Å²) in [6.45, 7) is 0. The molecule has 0 fully saturated rings.